The third-order valence-electron chi connectivity index (χ3n) is 4.71. The maximum atomic E-state index is 12.5. The van der Waals surface area contributed by atoms with Crippen molar-refractivity contribution < 1.29 is 9.32 Å². The molecule has 1 fully saturated rings. The van der Waals surface area contributed by atoms with Crippen LogP contribution < -0.4 is 5.32 Å². The monoisotopic (exact) mass is 324 g/mol. The van der Waals surface area contributed by atoms with Gasteiger partial charge in [0, 0.05) is 12.0 Å². The first-order chi connectivity index (χ1) is 11.3. The second-order valence-electron chi connectivity index (χ2n) is 7.30. The van der Waals surface area contributed by atoms with E-state index in [1.54, 1.807) is 0 Å². The van der Waals surface area contributed by atoms with E-state index in [0.717, 1.165) is 28.7 Å². The van der Waals surface area contributed by atoms with Crippen LogP contribution in [0.25, 0.3) is 16.9 Å². The molecule has 6 nitrogen and oxygen atoms in total. The van der Waals surface area contributed by atoms with Gasteiger partial charge in [0.05, 0.1) is 16.7 Å². The van der Waals surface area contributed by atoms with Crippen molar-refractivity contribution in [2.75, 3.05) is 5.32 Å². The Bertz CT molecular complexity index is 951. The van der Waals surface area contributed by atoms with E-state index >= 15 is 0 Å². The van der Waals surface area contributed by atoms with Crippen molar-refractivity contribution in [2.24, 2.45) is 11.3 Å². The van der Waals surface area contributed by atoms with E-state index in [1.807, 2.05) is 42.7 Å². The topological polar surface area (TPSA) is 73.0 Å². The summed E-state index contributed by atoms with van der Waals surface area (Å²) in [5.41, 5.74) is 3.65. The molecule has 4 rings (SSSR count). The molecule has 6 heteroatoms. The summed E-state index contributed by atoms with van der Waals surface area (Å²) in [4.78, 5) is 17.1. The van der Waals surface area contributed by atoms with Gasteiger partial charge in [-0.3, -0.25) is 10.1 Å². The minimum absolute atomic E-state index is 0.00418. The summed E-state index contributed by atoms with van der Waals surface area (Å²) < 4.78 is 7.23. The number of carbonyl (C=O) groups excluding carboxylic acids is 1. The number of imidazole rings is 1. The Balaban J connectivity index is 1.81. The lowest BCUT2D eigenvalue weighted by atomic mass is 10.1. The van der Waals surface area contributed by atoms with Crippen LogP contribution in [0, 0.1) is 25.2 Å². The predicted octanol–water partition coefficient (Wildman–Crippen LogP) is 3.61. The number of aryl methyl sites for hydroxylation is 2. The Morgan fingerprint density at radius 3 is 2.71 bits per heavy atom. The molecule has 3 aromatic rings. The highest BCUT2D eigenvalue weighted by molar-refractivity contribution is 5.95. The first kappa shape index (κ1) is 14.9. The van der Waals surface area contributed by atoms with Gasteiger partial charge in [0.25, 0.3) is 0 Å². The highest BCUT2D eigenvalue weighted by atomic mass is 16.5. The first-order valence-electron chi connectivity index (χ1n) is 8.09. The lowest BCUT2D eigenvalue weighted by Crippen LogP contribution is -2.19. The summed E-state index contributed by atoms with van der Waals surface area (Å²) in [6.07, 6.45) is 0.902. The summed E-state index contributed by atoms with van der Waals surface area (Å²) >= 11 is 0. The lowest BCUT2D eigenvalue weighted by Gasteiger charge is -2.08. The number of fused-ring (bicyclic) bond motifs is 1. The zero-order valence-electron chi connectivity index (χ0n) is 14.3. The Morgan fingerprint density at radius 2 is 2.08 bits per heavy atom. The molecule has 1 aromatic carbocycles. The van der Waals surface area contributed by atoms with E-state index in [-0.39, 0.29) is 17.2 Å². The van der Waals surface area contributed by atoms with E-state index in [1.165, 1.54) is 0 Å². The second-order valence-corrected chi connectivity index (χ2v) is 7.30. The van der Waals surface area contributed by atoms with Gasteiger partial charge >= 0.3 is 0 Å². The molecule has 2 aromatic heterocycles. The van der Waals surface area contributed by atoms with E-state index in [4.69, 9.17) is 4.52 Å². The van der Waals surface area contributed by atoms with Gasteiger partial charge < -0.3 is 4.52 Å². The molecule has 0 saturated heterocycles. The molecule has 24 heavy (non-hydrogen) atoms. The Kier molecular flexibility index (Phi) is 3.07. The van der Waals surface area contributed by atoms with Crippen molar-refractivity contribution in [2.45, 2.75) is 34.1 Å². The van der Waals surface area contributed by atoms with E-state index < -0.39 is 0 Å². The van der Waals surface area contributed by atoms with Crippen LogP contribution in [0.15, 0.2) is 28.8 Å². The molecule has 0 bridgehead atoms. The van der Waals surface area contributed by atoms with Crippen LogP contribution in [0.3, 0.4) is 0 Å². The summed E-state index contributed by atoms with van der Waals surface area (Å²) in [5, 5.41) is 6.93. The Morgan fingerprint density at radius 1 is 1.33 bits per heavy atom. The van der Waals surface area contributed by atoms with Gasteiger partial charge in [-0.05, 0) is 43.4 Å². The predicted molar refractivity (Wildman–Crippen MR) is 91.1 cm³/mol. The molecule has 1 saturated carbocycles. The zero-order chi connectivity index (χ0) is 17.1. The number of benzene rings is 1. The van der Waals surface area contributed by atoms with Crippen LogP contribution in [0.4, 0.5) is 5.95 Å². The van der Waals surface area contributed by atoms with Gasteiger partial charge in [0.2, 0.25) is 17.7 Å². The summed E-state index contributed by atoms with van der Waals surface area (Å²) in [6, 6.07) is 7.80. The van der Waals surface area contributed by atoms with Crippen molar-refractivity contribution in [3.8, 4) is 5.88 Å². The van der Waals surface area contributed by atoms with Crippen LogP contribution in [0.1, 0.15) is 31.5 Å². The number of amides is 1. The largest absolute Gasteiger partial charge is 0.338 e. The van der Waals surface area contributed by atoms with Crippen LogP contribution in [-0.2, 0) is 4.79 Å². The maximum Gasteiger partial charge on any atom is 0.238 e. The number of hydrogen-bond acceptors (Lipinski definition) is 4. The van der Waals surface area contributed by atoms with Crippen LogP contribution in [0.5, 0.6) is 0 Å². The molecule has 1 atom stereocenters. The van der Waals surface area contributed by atoms with E-state index in [0.29, 0.717) is 11.8 Å². The molecule has 1 aliphatic carbocycles. The van der Waals surface area contributed by atoms with E-state index in [2.05, 4.69) is 29.3 Å². The molecular weight excluding hydrogens is 304 g/mol. The second kappa shape index (κ2) is 4.93. The minimum Gasteiger partial charge on any atom is -0.338 e. The summed E-state index contributed by atoms with van der Waals surface area (Å²) in [5.74, 6) is 1.05. The van der Waals surface area contributed by atoms with Crippen LogP contribution in [0.2, 0.25) is 0 Å². The fourth-order valence-electron chi connectivity index (χ4n) is 3.06. The average Bonchev–Trinajstić information content (AvgIpc) is 2.82. The quantitative estimate of drug-likeness (QED) is 0.798. The van der Waals surface area contributed by atoms with Gasteiger partial charge in [-0.1, -0.05) is 25.1 Å². The molecule has 1 aliphatic rings. The molecule has 0 spiro atoms. The molecule has 0 unspecified atom stereocenters. The summed E-state index contributed by atoms with van der Waals surface area (Å²) in [6.45, 7) is 8.09. The SMILES string of the molecule is Cc1ccc2nc(NC(=O)[C@H]3CC3(C)C)n(-c3cc(C)no3)c2c1. The number of nitrogens with one attached hydrogen (secondary N) is 1. The third kappa shape index (κ3) is 2.38. The number of aromatic nitrogens is 3. The molecule has 1 N–H and O–H groups in total. The molecule has 2 heterocycles. The standard InChI is InChI=1S/C18H20N4O2/c1-10-5-6-13-14(7-10)22(15-8-11(2)21-24-15)17(19-13)20-16(23)12-9-18(12,3)4/h5-8,12H,9H2,1-4H3,(H,19,20,23)/t12-/m1/s1. The molecule has 124 valence electrons. The number of nitrogens with zero attached hydrogens (tertiary/aromatic N) is 3. The number of rotatable bonds is 3. The van der Waals surface area contributed by atoms with Gasteiger partial charge in [-0.15, -0.1) is 0 Å². The fourth-order valence-corrected chi connectivity index (χ4v) is 3.06. The maximum absolute atomic E-state index is 12.5. The van der Waals surface area contributed by atoms with Gasteiger partial charge in [-0.2, -0.15) is 0 Å². The Labute approximate surface area is 139 Å². The first-order valence-corrected chi connectivity index (χ1v) is 8.09. The number of carbonyl (C=O) groups is 1. The highest BCUT2D eigenvalue weighted by Crippen LogP contribution is 2.52. The van der Waals surface area contributed by atoms with Crippen LogP contribution in [-0.4, -0.2) is 20.6 Å². The zero-order valence-corrected chi connectivity index (χ0v) is 14.3. The molecular formula is C18H20N4O2. The number of anilines is 1. The molecule has 0 aliphatic heterocycles. The summed E-state index contributed by atoms with van der Waals surface area (Å²) in [7, 11) is 0. The molecule has 0 radical (unpaired) electrons. The van der Waals surface area contributed by atoms with Crippen molar-refractivity contribution in [3.63, 3.8) is 0 Å². The van der Waals surface area contributed by atoms with Gasteiger partial charge in [0.15, 0.2) is 0 Å². The fraction of sp³-hybridized carbons (Fsp3) is 0.389. The smallest absolute Gasteiger partial charge is 0.238 e. The lowest BCUT2D eigenvalue weighted by molar-refractivity contribution is -0.118. The van der Waals surface area contributed by atoms with Gasteiger partial charge in [-0.25, -0.2) is 9.55 Å². The van der Waals surface area contributed by atoms with Gasteiger partial charge in [0.1, 0.15) is 0 Å². The van der Waals surface area contributed by atoms with Crippen molar-refractivity contribution in [1.29, 1.82) is 0 Å². The highest BCUT2D eigenvalue weighted by Gasteiger charge is 2.50. The molecule has 1 amide bonds. The normalized spacial score (nSPS) is 18.8. The van der Waals surface area contributed by atoms with Crippen molar-refractivity contribution in [3.05, 3.63) is 35.5 Å². The minimum atomic E-state index is 0.00418. The Hall–Kier alpha value is -2.63. The third-order valence-corrected chi connectivity index (χ3v) is 4.71. The number of hydrogen-bond donors (Lipinski definition) is 1. The van der Waals surface area contributed by atoms with Crippen LogP contribution >= 0.6 is 0 Å². The van der Waals surface area contributed by atoms with Crippen molar-refractivity contribution >= 4 is 22.9 Å². The van der Waals surface area contributed by atoms with Crippen molar-refractivity contribution in [1.82, 2.24) is 14.7 Å². The van der Waals surface area contributed by atoms with E-state index in [9.17, 15) is 4.79 Å². The average molecular weight is 324 g/mol.